The number of nitrogens with zero attached hydrogens (tertiary/aromatic N) is 2. The summed E-state index contributed by atoms with van der Waals surface area (Å²) in [7, 11) is 0. The van der Waals surface area contributed by atoms with Crippen molar-refractivity contribution in [3.8, 4) is 11.4 Å². The van der Waals surface area contributed by atoms with Gasteiger partial charge >= 0.3 is 0 Å². The fourth-order valence-corrected chi connectivity index (χ4v) is 2.40. The van der Waals surface area contributed by atoms with E-state index in [2.05, 4.69) is 4.98 Å². The van der Waals surface area contributed by atoms with Gasteiger partial charge in [0.2, 0.25) is 0 Å². The number of aliphatic hydroxyl groups is 1. The average Bonchev–Trinajstić information content (AvgIpc) is 2.79. The fourth-order valence-electron chi connectivity index (χ4n) is 2.23. The molecule has 0 bridgehead atoms. The van der Waals surface area contributed by atoms with Crippen LogP contribution in [0.5, 0.6) is 0 Å². The van der Waals surface area contributed by atoms with E-state index in [0.717, 1.165) is 22.4 Å². The van der Waals surface area contributed by atoms with Crippen LogP contribution in [0.2, 0.25) is 5.02 Å². The Morgan fingerprint density at radius 2 is 1.89 bits per heavy atom. The van der Waals surface area contributed by atoms with Crippen molar-refractivity contribution in [2.24, 2.45) is 0 Å². The van der Waals surface area contributed by atoms with Gasteiger partial charge in [0.25, 0.3) is 0 Å². The van der Waals surface area contributed by atoms with E-state index in [4.69, 9.17) is 11.6 Å². The van der Waals surface area contributed by atoms with Crippen LogP contribution in [0.4, 0.5) is 0 Å². The molecule has 0 amide bonds. The Balaban J connectivity index is 2.26. The summed E-state index contributed by atoms with van der Waals surface area (Å²) < 4.78 is 2.00. The molecule has 1 heterocycles. The predicted molar refractivity (Wildman–Crippen MR) is 77.3 cm³/mol. The lowest BCUT2D eigenvalue weighted by molar-refractivity contribution is 0.278. The zero-order chi connectivity index (χ0) is 13.2. The molecule has 0 saturated heterocycles. The van der Waals surface area contributed by atoms with Crippen LogP contribution in [0.15, 0.2) is 48.5 Å². The number of aliphatic hydroxyl groups excluding tert-OH is 1. The van der Waals surface area contributed by atoms with Crippen LogP contribution >= 0.6 is 11.6 Å². The molecule has 3 aromatic rings. The Kier molecular flexibility index (Phi) is 3.23. The van der Waals surface area contributed by atoms with E-state index in [1.165, 1.54) is 0 Å². The molecular weight excluding hydrogens is 260 g/mol. The molecular formula is C15H13ClN2O. The van der Waals surface area contributed by atoms with Gasteiger partial charge < -0.3 is 9.67 Å². The molecule has 1 N–H and O–H groups in total. The van der Waals surface area contributed by atoms with Crippen LogP contribution in [0.1, 0.15) is 0 Å². The summed E-state index contributed by atoms with van der Waals surface area (Å²) >= 11 is 6.04. The Bertz CT molecular complexity index is 707. The minimum absolute atomic E-state index is 0.0673. The van der Waals surface area contributed by atoms with Gasteiger partial charge in [0.1, 0.15) is 5.82 Å². The van der Waals surface area contributed by atoms with Crippen molar-refractivity contribution in [2.75, 3.05) is 6.61 Å². The molecule has 0 saturated carbocycles. The third-order valence-corrected chi connectivity index (χ3v) is 3.30. The number of halogens is 1. The van der Waals surface area contributed by atoms with E-state index < -0.39 is 0 Å². The molecule has 0 aliphatic heterocycles. The molecule has 1 aromatic heterocycles. The lowest BCUT2D eigenvalue weighted by Crippen LogP contribution is -2.04. The van der Waals surface area contributed by atoms with Gasteiger partial charge in [-0.25, -0.2) is 4.98 Å². The topological polar surface area (TPSA) is 38.0 Å². The first-order chi connectivity index (χ1) is 9.29. The third-order valence-electron chi connectivity index (χ3n) is 3.07. The van der Waals surface area contributed by atoms with Crippen molar-refractivity contribution < 1.29 is 5.11 Å². The molecule has 96 valence electrons. The molecule has 0 fully saturated rings. The third kappa shape index (κ3) is 2.23. The average molecular weight is 273 g/mol. The maximum absolute atomic E-state index is 9.26. The zero-order valence-electron chi connectivity index (χ0n) is 10.3. The van der Waals surface area contributed by atoms with Crippen molar-refractivity contribution in [3.05, 3.63) is 53.6 Å². The standard InChI is InChI=1S/C15H13ClN2O/c16-12-6-7-13-14(10-12)18(8-9-19)15(17-13)11-4-2-1-3-5-11/h1-7,10,19H,8-9H2. The minimum Gasteiger partial charge on any atom is -0.395 e. The predicted octanol–water partition coefficient (Wildman–Crippen LogP) is 3.35. The highest BCUT2D eigenvalue weighted by molar-refractivity contribution is 6.31. The van der Waals surface area contributed by atoms with Crippen molar-refractivity contribution in [2.45, 2.75) is 6.54 Å². The minimum atomic E-state index is 0.0673. The smallest absolute Gasteiger partial charge is 0.141 e. The van der Waals surface area contributed by atoms with Gasteiger partial charge in [0, 0.05) is 17.1 Å². The van der Waals surface area contributed by atoms with Crippen LogP contribution in [0, 0.1) is 0 Å². The molecule has 2 aromatic carbocycles. The molecule has 19 heavy (non-hydrogen) atoms. The van der Waals surface area contributed by atoms with E-state index in [0.29, 0.717) is 11.6 Å². The van der Waals surface area contributed by atoms with E-state index in [9.17, 15) is 5.11 Å². The highest BCUT2D eigenvalue weighted by atomic mass is 35.5. The van der Waals surface area contributed by atoms with Gasteiger partial charge in [-0.05, 0) is 18.2 Å². The molecule has 0 unspecified atom stereocenters. The molecule has 0 aliphatic rings. The molecule has 3 rings (SSSR count). The molecule has 0 atom stereocenters. The number of aromatic nitrogens is 2. The SMILES string of the molecule is OCCn1c(-c2ccccc2)nc2ccc(Cl)cc21. The second-order valence-electron chi connectivity index (χ2n) is 4.31. The number of imidazole rings is 1. The molecule has 0 aliphatic carbocycles. The molecule has 4 heteroatoms. The van der Waals surface area contributed by atoms with Crippen molar-refractivity contribution >= 4 is 22.6 Å². The van der Waals surface area contributed by atoms with Crippen LogP contribution in [-0.4, -0.2) is 21.3 Å². The Hall–Kier alpha value is -1.84. The quantitative estimate of drug-likeness (QED) is 0.794. The first kappa shape index (κ1) is 12.2. The number of hydrogen-bond donors (Lipinski definition) is 1. The number of rotatable bonds is 3. The second-order valence-corrected chi connectivity index (χ2v) is 4.75. The lowest BCUT2D eigenvalue weighted by atomic mass is 10.2. The number of hydrogen-bond acceptors (Lipinski definition) is 2. The first-order valence-electron chi connectivity index (χ1n) is 6.11. The van der Waals surface area contributed by atoms with E-state index in [1.54, 1.807) is 0 Å². The largest absolute Gasteiger partial charge is 0.395 e. The highest BCUT2D eigenvalue weighted by Crippen LogP contribution is 2.26. The summed E-state index contributed by atoms with van der Waals surface area (Å²) in [5.74, 6) is 0.854. The van der Waals surface area contributed by atoms with Crippen LogP contribution < -0.4 is 0 Å². The second kappa shape index (κ2) is 5.03. The van der Waals surface area contributed by atoms with Gasteiger partial charge in [-0.15, -0.1) is 0 Å². The monoisotopic (exact) mass is 272 g/mol. The Labute approximate surface area is 116 Å². The van der Waals surface area contributed by atoms with Crippen molar-refractivity contribution in [1.82, 2.24) is 9.55 Å². The molecule has 0 radical (unpaired) electrons. The number of fused-ring (bicyclic) bond motifs is 1. The van der Waals surface area contributed by atoms with Crippen molar-refractivity contribution in [1.29, 1.82) is 0 Å². The first-order valence-corrected chi connectivity index (χ1v) is 6.49. The summed E-state index contributed by atoms with van der Waals surface area (Å²) in [5, 5.41) is 9.93. The zero-order valence-corrected chi connectivity index (χ0v) is 11.0. The normalized spacial score (nSPS) is 11.1. The summed E-state index contributed by atoms with van der Waals surface area (Å²) in [6.45, 7) is 0.568. The Morgan fingerprint density at radius 1 is 1.11 bits per heavy atom. The van der Waals surface area contributed by atoms with Crippen molar-refractivity contribution in [3.63, 3.8) is 0 Å². The van der Waals surface area contributed by atoms with E-state index >= 15 is 0 Å². The summed E-state index contributed by atoms with van der Waals surface area (Å²) in [5.41, 5.74) is 2.86. The van der Waals surface area contributed by atoms with Crippen LogP contribution in [-0.2, 0) is 6.54 Å². The van der Waals surface area contributed by atoms with E-state index in [-0.39, 0.29) is 6.61 Å². The molecule has 0 spiro atoms. The van der Waals surface area contributed by atoms with Gasteiger partial charge in [-0.2, -0.15) is 0 Å². The highest BCUT2D eigenvalue weighted by Gasteiger charge is 2.12. The van der Waals surface area contributed by atoms with Crippen LogP contribution in [0.25, 0.3) is 22.4 Å². The fraction of sp³-hybridized carbons (Fsp3) is 0.133. The lowest BCUT2D eigenvalue weighted by Gasteiger charge is -2.07. The maximum Gasteiger partial charge on any atom is 0.141 e. The maximum atomic E-state index is 9.26. The summed E-state index contributed by atoms with van der Waals surface area (Å²) in [4.78, 5) is 4.64. The van der Waals surface area contributed by atoms with E-state index in [1.807, 2.05) is 53.1 Å². The van der Waals surface area contributed by atoms with Gasteiger partial charge in [0.05, 0.1) is 17.6 Å². The van der Waals surface area contributed by atoms with Gasteiger partial charge in [0.15, 0.2) is 0 Å². The van der Waals surface area contributed by atoms with Gasteiger partial charge in [-0.1, -0.05) is 41.9 Å². The Morgan fingerprint density at radius 3 is 2.63 bits per heavy atom. The van der Waals surface area contributed by atoms with Crippen LogP contribution in [0.3, 0.4) is 0 Å². The summed E-state index contributed by atoms with van der Waals surface area (Å²) in [6.07, 6.45) is 0. The molecule has 3 nitrogen and oxygen atoms in total. The van der Waals surface area contributed by atoms with Gasteiger partial charge in [-0.3, -0.25) is 0 Å². The summed E-state index contributed by atoms with van der Waals surface area (Å²) in [6, 6.07) is 15.6. The number of benzene rings is 2.